The standard InChI is InChI=1S/C16H18F3NO4/c1-15(2,3)24-14(22)20-12(13(21)23-4)9-10-6-5-7-11(8-10)16(17,18)19/h5-9H,1-4H3,(H,20,22). The number of hydrogen-bond donors (Lipinski definition) is 1. The van der Waals surface area contributed by atoms with Gasteiger partial charge in [-0.05, 0) is 44.5 Å². The number of nitrogens with one attached hydrogen (secondary N) is 1. The molecule has 0 fully saturated rings. The van der Waals surface area contributed by atoms with Crippen LogP contribution in [0.3, 0.4) is 0 Å². The summed E-state index contributed by atoms with van der Waals surface area (Å²) in [4.78, 5) is 23.5. The topological polar surface area (TPSA) is 64.6 Å². The van der Waals surface area contributed by atoms with E-state index in [4.69, 9.17) is 4.74 Å². The largest absolute Gasteiger partial charge is 0.464 e. The maximum Gasteiger partial charge on any atom is 0.416 e. The van der Waals surface area contributed by atoms with Crippen molar-refractivity contribution in [2.24, 2.45) is 0 Å². The fraction of sp³-hybridized carbons (Fsp3) is 0.375. The number of esters is 1. The van der Waals surface area contributed by atoms with Crippen LogP contribution in [0.4, 0.5) is 18.0 Å². The van der Waals surface area contributed by atoms with Gasteiger partial charge in [0.1, 0.15) is 11.3 Å². The lowest BCUT2D eigenvalue weighted by Gasteiger charge is -2.20. The maximum absolute atomic E-state index is 12.7. The number of carbonyl (C=O) groups excluding carboxylic acids is 2. The van der Waals surface area contributed by atoms with E-state index in [1.54, 1.807) is 20.8 Å². The van der Waals surface area contributed by atoms with Gasteiger partial charge in [-0.15, -0.1) is 0 Å². The van der Waals surface area contributed by atoms with Crippen LogP contribution < -0.4 is 5.32 Å². The molecule has 0 aromatic heterocycles. The van der Waals surface area contributed by atoms with Crippen LogP contribution in [0.2, 0.25) is 0 Å². The Balaban J connectivity index is 3.11. The lowest BCUT2D eigenvalue weighted by molar-refractivity contribution is -0.137. The Hall–Kier alpha value is -2.51. The Morgan fingerprint density at radius 1 is 1.17 bits per heavy atom. The molecule has 0 atom stereocenters. The van der Waals surface area contributed by atoms with Gasteiger partial charge in [0, 0.05) is 0 Å². The Bertz CT molecular complexity index is 645. The third kappa shape index (κ3) is 6.31. The molecule has 1 rings (SSSR count). The summed E-state index contributed by atoms with van der Waals surface area (Å²) in [7, 11) is 1.08. The Morgan fingerprint density at radius 3 is 2.29 bits per heavy atom. The quantitative estimate of drug-likeness (QED) is 0.669. The molecule has 0 aliphatic heterocycles. The van der Waals surface area contributed by atoms with Gasteiger partial charge in [0.2, 0.25) is 0 Å². The molecule has 132 valence electrons. The van der Waals surface area contributed by atoms with E-state index in [1.807, 2.05) is 0 Å². The second-order valence-corrected chi connectivity index (χ2v) is 5.80. The summed E-state index contributed by atoms with van der Waals surface area (Å²) in [6.07, 6.45) is -4.37. The van der Waals surface area contributed by atoms with Crippen LogP contribution >= 0.6 is 0 Å². The number of benzene rings is 1. The second-order valence-electron chi connectivity index (χ2n) is 5.80. The first-order valence-electron chi connectivity index (χ1n) is 6.89. The number of halogens is 3. The molecule has 24 heavy (non-hydrogen) atoms. The molecular weight excluding hydrogens is 327 g/mol. The Morgan fingerprint density at radius 2 is 1.79 bits per heavy atom. The van der Waals surface area contributed by atoms with Crippen molar-refractivity contribution >= 4 is 18.1 Å². The molecule has 1 aromatic carbocycles. The summed E-state index contributed by atoms with van der Waals surface area (Å²) in [5.41, 5.74) is -1.95. The van der Waals surface area contributed by atoms with Gasteiger partial charge < -0.3 is 9.47 Å². The molecule has 1 N–H and O–H groups in total. The summed E-state index contributed by atoms with van der Waals surface area (Å²) in [5, 5.41) is 2.18. The van der Waals surface area contributed by atoms with E-state index in [0.29, 0.717) is 0 Å². The van der Waals surface area contributed by atoms with Crippen LogP contribution in [0.5, 0.6) is 0 Å². The minimum atomic E-state index is -4.52. The zero-order chi connectivity index (χ0) is 18.5. The smallest absolute Gasteiger partial charge is 0.416 e. The predicted octanol–water partition coefficient (Wildman–Crippen LogP) is 3.74. The van der Waals surface area contributed by atoms with Crippen molar-refractivity contribution in [2.45, 2.75) is 32.5 Å². The number of rotatable bonds is 3. The molecule has 0 aliphatic carbocycles. The fourth-order valence-corrected chi connectivity index (χ4v) is 1.64. The average molecular weight is 345 g/mol. The number of methoxy groups -OCH3 is 1. The highest BCUT2D eigenvalue weighted by atomic mass is 19.4. The van der Waals surface area contributed by atoms with E-state index in [1.165, 1.54) is 12.1 Å². The predicted molar refractivity (Wildman–Crippen MR) is 80.8 cm³/mol. The van der Waals surface area contributed by atoms with Gasteiger partial charge in [-0.3, -0.25) is 5.32 Å². The van der Waals surface area contributed by atoms with Crippen molar-refractivity contribution in [2.75, 3.05) is 7.11 Å². The van der Waals surface area contributed by atoms with Gasteiger partial charge in [-0.1, -0.05) is 12.1 Å². The third-order valence-corrected chi connectivity index (χ3v) is 2.57. The minimum Gasteiger partial charge on any atom is -0.464 e. The number of carbonyl (C=O) groups is 2. The highest BCUT2D eigenvalue weighted by molar-refractivity contribution is 5.96. The lowest BCUT2D eigenvalue weighted by atomic mass is 10.1. The lowest BCUT2D eigenvalue weighted by Crippen LogP contribution is -2.34. The van der Waals surface area contributed by atoms with E-state index in [0.717, 1.165) is 25.3 Å². The van der Waals surface area contributed by atoms with Crippen LogP contribution in [0, 0.1) is 0 Å². The first kappa shape index (κ1) is 19.5. The van der Waals surface area contributed by atoms with Crippen LogP contribution in [0.1, 0.15) is 31.9 Å². The van der Waals surface area contributed by atoms with Crippen molar-refractivity contribution in [1.29, 1.82) is 0 Å². The van der Waals surface area contributed by atoms with Crippen LogP contribution in [0.15, 0.2) is 30.0 Å². The van der Waals surface area contributed by atoms with Gasteiger partial charge >= 0.3 is 18.2 Å². The van der Waals surface area contributed by atoms with Crippen molar-refractivity contribution in [1.82, 2.24) is 5.32 Å². The molecule has 5 nitrogen and oxygen atoms in total. The van der Waals surface area contributed by atoms with Gasteiger partial charge in [0.25, 0.3) is 0 Å². The average Bonchev–Trinajstić information content (AvgIpc) is 2.43. The van der Waals surface area contributed by atoms with Gasteiger partial charge in [0.05, 0.1) is 12.7 Å². The zero-order valence-corrected chi connectivity index (χ0v) is 13.7. The number of hydrogen-bond acceptors (Lipinski definition) is 4. The van der Waals surface area contributed by atoms with Gasteiger partial charge in [0.15, 0.2) is 0 Å². The zero-order valence-electron chi connectivity index (χ0n) is 13.7. The SMILES string of the molecule is COC(=O)C(=Cc1cccc(C(F)(F)F)c1)NC(=O)OC(C)(C)C. The fourth-order valence-electron chi connectivity index (χ4n) is 1.64. The van der Waals surface area contributed by atoms with E-state index in [2.05, 4.69) is 10.1 Å². The molecule has 0 unspecified atom stereocenters. The minimum absolute atomic E-state index is 0.0706. The molecule has 8 heteroatoms. The number of ether oxygens (including phenoxy) is 2. The van der Waals surface area contributed by atoms with E-state index < -0.39 is 29.4 Å². The highest BCUT2D eigenvalue weighted by Crippen LogP contribution is 2.29. The molecule has 0 radical (unpaired) electrons. The number of amides is 1. The Labute approximate surface area is 137 Å². The first-order chi connectivity index (χ1) is 10.9. The monoisotopic (exact) mass is 345 g/mol. The van der Waals surface area contributed by atoms with E-state index in [-0.39, 0.29) is 11.3 Å². The molecule has 1 amide bonds. The van der Waals surface area contributed by atoms with Crippen molar-refractivity contribution in [3.63, 3.8) is 0 Å². The summed E-state index contributed by atoms with van der Waals surface area (Å²) >= 11 is 0. The summed E-state index contributed by atoms with van der Waals surface area (Å²) in [6, 6.07) is 4.29. The molecule has 0 spiro atoms. The Kier molecular flexibility index (Phi) is 6.00. The molecule has 0 saturated heterocycles. The van der Waals surface area contributed by atoms with Gasteiger partial charge in [-0.25, -0.2) is 9.59 Å². The molecule has 0 bridgehead atoms. The van der Waals surface area contributed by atoms with Gasteiger partial charge in [-0.2, -0.15) is 13.2 Å². The highest BCUT2D eigenvalue weighted by Gasteiger charge is 2.30. The first-order valence-corrected chi connectivity index (χ1v) is 6.89. The summed E-state index contributed by atoms with van der Waals surface area (Å²) in [6.45, 7) is 4.88. The molecule has 0 saturated carbocycles. The van der Waals surface area contributed by atoms with Crippen molar-refractivity contribution in [3.05, 3.63) is 41.1 Å². The van der Waals surface area contributed by atoms with E-state index in [9.17, 15) is 22.8 Å². The molecule has 0 heterocycles. The van der Waals surface area contributed by atoms with Crippen LogP contribution in [0.25, 0.3) is 6.08 Å². The normalized spacial score (nSPS) is 12.5. The van der Waals surface area contributed by atoms with Crippen molar-refractivity contribution in [3.8, 4) is 0 Å². The van der Waals surface area contributed by atoms with E-state index >= 15 is 0 Å². The third-order valence-electron chi connectivity index (χ3n) is 2.57. The molecular formula is C16H18F3NO4. The van der Waals surface area contributed by atoms with Crippen LogP contribution in [-0.4, -0.2) is 24.8 Å². The maximum atomic E-state index is 12.7. The number of alkyl carbamates (subject to hydrolysis) is 1. The molecule has 0 aliphatic rings. The second kappa shape index (κ2) is 7.37. The summed E-state index contributed by atoms with van der Waals surface area (Å²) < 4.78 is 47.7. The number of alkyl halides is 3. The summed E-state index contributed by atoms with van der Waals surface area (Å²) in [5.74, 6) is -0.918. The van der Waals surface area contributed by atoms with Crippen molar-refractivity contribution < 1.29 is 32.2 Å². The molecule has 1 aromatic rings. The van der Waals surface area contributed by atoms with Crippen LogP contribution in [-0.2, 0) is 20.4 Å².